The molecular weight excluding hydrogens is 172 g/mol. The van der Waals surface area contributed by atoms with Gasteiger partial charge in [0.05, 0.1) is 0 Å². The van der Waals surface area contributed by atoms with Gasteiger partial charge in [-0.3, -0.25) is 4.79 Å². The molecule has 0 N–H and O–H groups in total. The molecule has 1 heteroatoms. The van der Waals surface area contributed by atoms with Crippen molar-refractivity contribution in [2.45, 2.75) is 52.4 Å². The first-order chi connectivity index (χ1) is 6.55. The van der Waals surface area contributed by atoms with Gasteiger partial charge in [0, 0.05) is 12.8 Å². The number of ketones is 1. The Morgan fingerprint density at radius 1 is 1.21 bits per heavy atom. The molecule has 0 amide bonds. The summed E-state index contributed by atoms with van der Waals surface area (Å²) in [4.78, 5) is 11.7. The van der Waals surface area contributed by atoms with Crippen molar-refractivity contribution in [1.82, 2.24) is 0 Å². The van der Waals surface area contributed by atoms with Gasteiger partial charge in [0.2, 0.25) is 0 Å². The van der Waals surface area contributed by atoms with Gasteiger partial charge in [0.1, 0.15) is 5.78 Å². The van der Waals surface area contributed by atoms with Crippen molar-refractivity contribution in [3.63, 3.8) is 0 Å². The minimum absolute atomic E-state index is 0.447. The molecule has 0 unspecified atom stereocenters. The zero-order valence-electron chi connectivity index (χ0n) is 9.31. The summed E-state index contributed by atoms with van der Waals surface area (Å²) in [6, 6.07) is 0. The largest absolute Gasteiger partial charge is 0.300 e. The fourth-order valence-electron chi connectivity index (χ4n) is 4.83. The highest BCUT2D eigenvalue weighted by molar-refractivity contribution is 5.82. The van der Waals surface area contributed by atoms with E-state index in [2.05, 4.69) is 13.8 Å². The fraction of sp³-hybridized carbons (Fsp3) is 0.923. The lowest BCUT2D eigenvalue weighted by Gasteiger charge is -2.58. The summed E-state index contributed by atoms with van der Waals surface area (Å²) in [6.45, 7) is 4.82. The van der Waals surface area contributed by atoms with E-state index in [1.807, 2.05) is 0 Å². The van der Waals surface area contributed by atoms with Crippen LogP contribution in [0.3, 0.4) is 0 Å². The van der Waals surface area contributed by atoms with Crippen molar-refractivity contribution in [1.29, 1.82) is 0 Å². The van der Waals surface area contributed by atoms with Crippen LogP contribution >= 0.6 is 0 Å². The van der Waals surface area contributed by atoms with E-state index >= 15 is 0 Å². The van der Waals surface area contributed by atoms with Crippen LogP contribution in [0, 0.1) is 22.7 Å². The van der Waals surface area contributed by atoms with Crippen LogP contribution in [0.25, 0.3) is 0 Å². The summed E-state index contributed by atoms with van der Waals surface area (Å²) < 4.78 is 0. The van der Waals surface area contributed by atoms with Gasteiger partial charge in [-0.1, -0.05) is 13.8 Å². The highest BCUT2D eigenvalue weighted by Gasteiger charge is 2.60. The molecule has 4 aliphatic rings. The lowest BCUT2D eigenvalue weighted by atomic mass is 9.46. The summed E-state index contributed by atoms with van der Waals surface area (Å²) in [5, 5.41) is 0. The van der Waals surface area contributed by atoms with E-state index in [0.29, 0.717) is 16.6 Å². The van der Waals surface area contributed by atoms with E-state index in [1.165, 1.54) is 25.7 Å². The van der Waals surface area contributed by atoms with Crippen molar-refractivity contribution in [3.05, 3.63) is 0 Å². The minimum atomic E-state index is 0.447. The van der Waals surface area contributed by atoms with Gasteiger partial charge in [0.15, 0.2) is 0 Å². The Bertz CT molecular complexity index is 282. The van der Waals surface area contributed by atoms with Gasteiger partial charge < -0.3 is 0 Å². The molecule has 0 heterocycles. The third-order valence-electron chi connectivity index (χ3n) is 5.65. The molecule has 1 spiro atoms. The van der Waals surface area contributed by atoms with Crippen molar-refractivity contribution < 1.29 is 4.79 Å². The number of carbonyl (C=O) groups is 1. The Morgan fingerprint density at radius 3 is 2.43 bits per heavy atom. The van der Waals surface area contributed by atoms with Crippen LogP contribution in [0.4, 0.5) is 0 Å². The SMILES string of the molecule is CC1(C)C2CCC3(CC2)CC(=O)C[C@H]31. The first-order valence-electron chi connectivity index (χ1n) is 6.06. The van der Waals surface area contributed by atoms with Gasteiger partial charge in [-0.2, -0.15) is 0 Å². The molecule has 0 aromatic rings. The van der Waals surface area contributed by atoms with E-state index in [4.69, 9.17) is 0 Å². The minimum Gasteiger partial charge on any atom is -0.300 e. The molecule has 0 radical (unpaired) electrons. The summed E-state index contributed by atoms with van der Waals surface area (Å²) in [5.41, 5.74) is 0.901. The van der Waals surface area contributed by atoms with Crippen molar-refractivity contribution in [2.75, 3.05) is 0 Å². The predicted molar refractivity (Wildman–Crippen MR) is 55.9 cm³/mol. The van der Waals surface area contributed by atoms with E-state index < -0.39 is 0 Å². The molecule has 14 heavy (non-hydrogen) atoms. The van der Waals surface area contributed by atoms with Crippen molar-refractivity contribution in [3.8, 4) is 0 Å². The van der Waals surface area contributed by atoms with E-state index in [1.54, 1.807) is 0 Å². The van der Waals surface area contributed by atoms with Crippen LogP contribution in [0.5, 0.6) is 0 Å². The molecule has 0 aromatic heterocycles. The quantitative estimate of drug-likeness (QED) is 0.576. The molecule has 0 aliphatic heterocycles. The monoisotopic (exact) mass is 192 g/mol. The maximum atomic E-state index is 11.7. The summed E-state index contributed by atoms with van der Waals surface area (Å²) >= 11 is 0. The van der Waals surface area contributed by atoms with Gasteiger partial charge in [-0.25, -0.2) is 0 Å². The topological polar surface area (TPSA) is 17.1 Å². The summed E-state index contributed by atoms with van der Waals surface area (Å²) in [5.74, 6) is 2.17. The highest BCUT2D eigenvalue weighted by Crippen LogP contribution is 2.67. The number of fused-ring (bicyclic) bond motifs is 2. The van der Waals surface area contributed by atoms with Crippen LogP contribution in [-0.4, -0.2) is 5.78 Å². The van der Waals surface area contributed by atoms with Crippen LogP contribution < -0.4 is 0 Å². The van der Waals surface area contributed by atoms with Crippen molar-refractivity contribution >= 4 is 5.78 Å². The fourth-order valence-corrected chi connectivity index (χ4v) is 4.83. The Morgan fingerprint density at radius 2 is 1.86 bits per heavy atom. The molecule has 4 rings (SSSR count). The highest BCUT2D eigenvalue weighted by atomic mass is 16.1. The third kappa shape index (κ3) is 0.888. The molecule has 78 valence electrons. The standard InChI is InChI=1S/C13H20O/c1-12(2)9-3-5-13(6-4-9)8-10(14)7-11(12)13/h9,11H,3-8H2,1-2H3/t9?,11-,13?/m0/s1. The van der Waals surface area contributed by atoms with Gasteiger partial charge in [-0.05, 0) is 48.3 Å². The Hall–Kier alpha value is -0.330. The smallest absolute Gasteiger partial charge is 0.133 e. The maximum Gasteiger partial charge on any atom is 0.133 e. The second kappa shape index (κ2) is 2.43. The Balaban J connectivity index is 2.05. The van der Waals surface area contributed by atoms with Gasteiger partial charge in [-0.15, -0.1) is 0 Å². The Kier molecular flexibility index (Phi) is 1.55. The number of hydrogen-bond donors (Lipinski definition) is 0. The average molecular weight is 192 g/mol. The molecule has 1 atom stereocenters. The molecule has 0 saturated heterocycles. The number of rotatable bonds is 0. The lowest BCUT2D eigenvalue weighted by Crippen LogP contribution is -2.50. The Labute approximate surface area is 86.3 Å². The predicted octanol–water partition coefficient (Wildman–Crippen LogP) is 3.18. The van der Waals surface area contributed by atoms with Crippen LogP contribution in [0.15, 0.2) is 0 Å². The molecule has 4 saturated carbocycles. The van der Waals surface area contributed by atoms with Crippen LogP contribution in [-0.2, 0) is 4.79 Å². The second-order valence-electron chi connectivity index (χ2n) is 6.43. The molecule has 4 aliphatic carbocycles. The van der Waals surface area contributed by atoms with E-state index in [9.17, 15) is 4.79 Å². The maximum absolute atomic E-state index is 11.7. The van der Waals surface area contributed by atoms with Crippen molar-refractivity contribution in [2.24, 2.45) is 22.7 Å². The zero-order chi connectivity index (χ0) is 9.97. The molecule has 4 fully saturated rings. The molecule has 1 nitrogen and oxygen atoms in total. The normalized spacial score (nSPS) is 49.4. The van der Waals surface area contributed by atoms with Crippen LogP contribution in [0.1, 0.15) is 52.4 Å². The summed E-state index contributed by atoms with van der Waals surface area (Å²) in [6.07, 6.45) is 7.26. The zero-order valence-corrected chi connectivity index (χ0v) is 9.31. The molecule has 0 aromatic carbocycles. The average Bonchev–Trinajstić information content (AvgIpc) is 2.44. The number of hydrogen-bond acceptors (Lipinski definition) is 1. The first-order valence-corrected chi connectivity index (χ1v) is 6.06. The third-order valence-corrected chi connectivity index (χ3v) is 5.65. The van der Waals surface area contributed by atoms with Gasteiger partial charge in [0.25, 0.3) is 0 Å². The molecular formula is C13H20O. The van der Waals surface area contributed by atoms with E-state index in [-0.39, 0.29) is 0 Å². The number of Topliss-reactive ketones (excluding diaryl/α,β-unsaturated/α-hetero) is 1. The lowest BCUT2D eigenvalue weighted by molar-refractivity contribution is -0.118. The second-order valence-corrected chi connectivity index (χ2v) is 6.43. The first kappa shape index (κ1) is 8.94. The van der Waals surface area contributed by atoms with Gasteiger partial charge >= 0.3 is 0 Å². The van der Waals surface area contributed by atoms with Crippen LogP contribution in [0.2, 0.25) is 0 Å². The van der Waals surface area contributed by atoms with E-state index in [0.717, 1.165) is 24.7 Å². The summed E-state index contributed by atoms with van der Waals surface area (Å²) in [7, 11) is 0. The number of carbonyl (C=O) groups excluding carboxylic acids is 1. The molecule has 2 bridgehead atoms.